The van der Waals surface area contributed by atoms with Crippen LogP contribution in [0, 0.1) is 0 Å². The number of hydrogen-bond acceptors (Lipinski definition) is 6. The lowest BCUT2D eigenvalue weighted by molar-refractivity contribution is -0.143. The molecule has 1 aromatic heterocycles. The maximum Gasteiger partial charge on any atom is 0.306 e. The van der Waals surface area contributed by atoms with Gasteiger partial charge in [-0.1, -0.05) is 0 Å². The minimum absolute atomic E-state index is 0.216. The highest BCUT2D eigenvalue weighted by Crippen LogP contribution is 2.08. The molecule has 0 amide bonds. The van der Waals surface area contributed by atoms with Crippen molar-refractivity contribution in [2.75, 3.05) is 37.8 Å². The smallest absolute Gasteiger partial charge is 0.306 e. The molecule has 1 fully saturated rings. The predicted molar refractivity (Wildman–Crippen MR) is 72.8 cm³/mol. The van der Waals surface area contributed by atoms with Crippen LogP contribution in [0.3, 0.4) is 0 Å². The van der Waals surface area contributed by atoms with E-state index in [0.29, 0.717) is 50.8 Å². The standard InChI is InChI=1S/C13H19N3O4/c1-2-20-11(17)4-3-10-9-14-13(18)12(15-10)16-5-7-19-8-6-16/h9H,2-8H2,1H3,(H,14,18). The van der Waals surface area contributed by atoms with Crippen LogP contribution in [-0.2, 0) is 20.7 Å². The van der Waals surface area contributed by atoms with Crippen molar-refractivity contribution in [3.63, 3.8) is 0 Å². The van der Waals surface area contributed by atoms with Crippen molar-refractivity contribution < 1.29 is 14.3 Å². The van der Waals surface area contributed by atoms with E-state index in [9.17, 15) is 9.59 Å². The van der Waals surface area contributed by atoms with Crippen LogP contribution >= 0.6 is 0 Å². The Kier molecular flexibility index (Phi) is 5.11. The van der Waals surface area contributed by atoms with Crippen molar-refractivity contribution in [2.24, 2.45) is 0 Å². The largest absolute Gasteiger partial charge is 0.466 e. The molecule has 20 heavy (non-hydrogen) atoms. The van der Waals surface area contributed by atoms with Crippen LogP contribution in [0.15, 0.2) is 11.0 Å². The van der Waals surface area contributed by atoms with E-state index in [4.69, 9.17) is 9.47 Å². The number of H-pyrrole nitrogens is 1. The normalized spacial score (nSPS) is 15.2. The molecule has 0 bridgehead atoms. The van der Waals surface area contributed by atoms with Crippen molar-refractivity contribution in [2.45, 2.75) is 19.8 Å². The van der Waals surface area contributed by atoms with Crippen LogP contribution in [0.4, 0.5) is 5.82 Å². The Hall–Kier alpha value is -1.89. The molecule has 7 heteroatoms. The van der Waals surface area contributed by atoms with Crippen LogP contribution in [0.2, 0.25) is 0 Å². The molecule has 2 heterocycles. The Morgan fingerprint density at radius 2 is 2.25 bits per heavy atom. The predicted octanol–water partition coefficient (Wildman–Crippen LogP) is 0.102. The van der Waals surface area contributed by atoms with Gasteiger partial charge in [-0.2, -0.15) is 0 Å². The van der Waals surface area contributed by atoms with E-state index < -0.39 is 0 Å². The Bertz CT molecular complexity index is 509. The molecule has 0 spiro atoms. The summed E-state index contributed by atoms with van der Waals surface area (Å²) in [4.78, 5) is 32.1. The average molecular weight is 281 g/mol. The molecule has 1 aromatic rings. The van der Waals surface area contributed by atoms with Crippen LogP contribution in [0.5, 0.6) is 0 Å². The van der Waals surface area contributed by atoms with Crippen molar-refractivity contribution in [1.82, 2.24) is 9.97 Å². The molecule has 110 valence electrons. The van der Waals surface area contributed by atoms with E-state index >= 15 is 0 Å². The number of carbonyl (C=O) groups excluding carboxylic acids is 1. The summed E-state index contributed by atoms with van der Waals surface area (Å²) < 4.78 is 10.1. The van der Waals surface area contributed by atoms with E-state index in [1.807, 2.05) is 4.90 Å². The Balaban J connectivity index is 2.04. The molecule has 0 radical (unpaired) electrons. The monoisotopic (exact) mass is 281 g/mol. The number of anilines is 1. The minimum Gasteiger partial charge on any atom is -0.466 e. The molecule has 0 saturated carbocycles. The zero-order chi connectivity index (χ0) is 14.4. The number of carbonyl (C=O) groups is 1. The van der Waals surface area contributed by atoms with Gasteiger partial charge in [-0.05, 0) is 6.92 Å². The lowest BCUT2D eigenvalue weighted by Gasteiger charge is -2.27. The van der Waals surface area contributed by atoms with Gasteiger partial charge in [0.05, 0.1) is 31.9 Å². The van der Waals surface area contributed by atoms with Gasteiger partial charge in [0.25, 0.3) is 5.56 Å². The zero-order valence-corrected chi connectivity index (χ0v) is 11.6. The van der Waals surface area contributed by atoms with Crippen molar-refractivity contribution >= 4 is 11.8 Å². The van der Waals surface area contributed by atoms with Gasteiger partial charge in [-0.25, -0.2) is 4.98 Å². The molecule has 0 aromatic carbocycles. The van der Waals surface area contributed by atoms with Gasteiger partial charge in [0.2, 0.25) is 0 Å². The number of hydrogen-bond donors (Lipinski definition) is 1. The first-order valence-electron chi connectivity index (χ1n) is 6.77. The topological polar surface area (TPSA) is 84.5 Å². The van der Waals surface area contributed by atoms with Gasteiger partial charge in [0.15, 0.2) is 5.82 Å². The van der Waals surface area contributed by atoms with Crippen LogP contribution in [0.25, 0.3) is 0 Å². The zero-order valence-electron chi connectivity index (χ0n) is 11.6. The average Bonchev–Trinajstić information content (AvgIpc) is 2.47. The molecular formula is C13H19N3O4. The second-order valence-corrected chi connectivity index (χ2v) is 4.45. The molecule has 7 nitrogen and oxygen atoms in total. The number of nitrogens with zero attached hydrogens (tertiary/aromatic N) is 2. The first-order valence-corrected chi connectivity index (χ1v) is 6.77. The lowest BCUT2D eigenvalue weighted by Crippen LogP contribution is -2.40. The molecule has 1 saturated heterocycles. The third kappa shape index (κ3) is 3.80. The summed E-state index contributed by atoms with van der Waals surface area (Å²) in [5.74, 6) is 0.142. The second kappa shape index (κ2) is 7.04. The van der Waals surface area contributed by atoms with E-state index in [0.717, 1.165) is 0 Å². The summed E-state index contributed by atoms with van der Waals surface area (Å²) in [6.45, 7) is 4.63. The Morgan fingerprint density at radius 3 is 2.95 bits per heavy atom. The number of nitrogens with one attached hydrogen (secondary N) is 1. The van der Waals surface area contributed by atoms with Crippen molar-refractivity contribution in [3.05, 3.63) is 22.2 Å². The summed E-state index contributed by atoms with van der Waals surface area (Å²) in [5.41, 5.74) is 0.464. The van der Waals surface area contributed by atoms with Crippen LogP contribution in [0.1, 0.15) is 19.0 Å². The number of aromatic nitrogens is 2. The van der Waals surface area contributed by atoms with Gasteiger partial charge in [-0.15, -0.1) is 0 Å². The molecule has 2 rings (SSSR count). The number of aromatic amines is 1. The summed E-state index contributed by atoms with van der Waals surface area (Å²) >= 11 is 0. The van der Waals surface area contributed by atoms with E-state index in [-0.39, 0.29) is 17.9 Å². The van der Waals surface area contributed by atoms with Crippen LogP contribution in [-0.4, -0.2) is 48.8 Å². The molecule has 1 aliphatic heterocycles. The maximum absolute atomic E-state index is 11.8. The maximum atomic E-state index is 11.8. The first-order chi connectivity index (χ1) is 9.70. The number of rotatable bonds is 5. The molecular weight excluding hydrogens is 262 g/mol. The summed E-state index contributed by atoms with van der Waals surface area (Å²) in [7, 11) is 0. The fourth-order valence-corrected chi connectivity index (χ4v) is 2.01. The highest BCUT2D eigenvalue weighted by molar-refractivity contribution is 5.69. The van der Waals surface area contributed by atoms with Crippen LogP contribution < -0.4 is 10.5 Å². The molecule has 1 aliphatic rings. The molecule has 0 atom stereocenters. The molecule has 0 aliphatic carbocycles. The van der Waals surface area contributed by atoms with E-state index in [2.05, 4.69) is 9.97 Å². The van der Waals surface area contributed by atoms with E-state index in [1.165, 1.54) is 0 Å². The third-order valence-corrected chi connectivity index (χ3v) is 3.02. The minimum atomic E-state index is -0.256. The number of aryl methyl sites for hydroxylation is 1. The van der Waals surface area contributed by atoms with Gasteiger partial charge in [0.1, 0.15) is 0 Å². The second-order valence-electron chi connectivity index (χ2n) is 4.45. The first kappa shape index (κ1) is 14.5. The number of esters is 1. The van der Waals surface area contributed by atoms with Crippen molar-refractivity contribution in [3.8, 4) is 0 Å². The van der Waals surface area contributed by atoms with Gasteiger partial charge < -0.3 is 19.4 Å². The SMILES string of the molecule is CCOC(=O)CCc1c[nH]c(=O)c(N2CCOCC2)n1. The molecule has 0 unspecified atom stereocenters. The highest BCUT2D eigenvalue weighted by atomic mass is 16.5. The summed E-state index contributed by atoms with van der Waals surface area (Å²) in [6, 6.07) is 0. The van der Waals surface area contributed by atoms with Gasteiger partial charge in [-0.3, -0.25) is 9.59 Å². The number of morpholine rings is 1. The number of ether oxygens (including phenoxy) is 2. The van der Waals surface area contributed by atoms with Crippen molar-refractivity contribution in [1.29, 1.82) is 0 Å². The van der Waals surface area contributed by atoms with Gasteiger partial charge in [0, 0.05) is 25.7 Å². The highest BCUT2D eigenvalue weighted by Gasteiger charge is 2.16. The fraction of sp³-hybridized carbons (Fsp3) is 0.615. The third-order valence-electron chi connectivity index (χ3n) is 3.02. The Labute approximate surface area is 116 Å². The quantitative estimate of drug-likeness (QED) is 0.771. The fourth-order valence-electron chi connectivity index (χ4n) is 2.01. The molecule has 1 N–H and O–H groups in total. The summed E-state index contributed by atoms with van der Waals surface area (Å²) in [6.07, 6.45) is 2.26. The lowest BCUT2D eigenvalue weighted by atomic mass is 10.2. The Morgan fingerprint density at radius 1 is 1.50 bits per heavy atom. The van der Waals surface area contributed by atoms with E-state index in [1.54, 1.807) is 13.1 Å². The summed E-state index contributed by atoms with van der Waals surface area (Å²) in [5, 5.41) is 0. The van der Waals surface area contributed by atoms with Gasteiger partial charge >= 0.3 is 5.97 Å².